The topological polar surface area (TPSA) is 58.0 Å². The Bertz CT molecular complexity index is 917. The molecule has 1 saturated heterocycles. The molecule has 0 radical (unpaired) electrons. The molecule has 0 aliphatic carbocycles. The van der Waals surface area contributed by atoms with Crippen molar-refractivity contribution in [1.29, 1.82) is 5.26 Å². The Morgan fingerprint density at radius 2 is 1.77 bits per heavy atom. The van der Waals surface area contributed by atoms with Gasteiger partial charge in [0, 0.05) is 32.7 Å². The zero-order valence-corrected chi connectivity index (χ0v) is 20.9. The fourth-order valence-corrected chi connectivity index (χ4v) is 5.82. The fourth-order valence-electron chi connectivity index (χ4n) is 3.74. The number of anilines is 1. The predicted molar refractivity (Wildman–Crippen MR) is 133 cm³/mol. The number of rotatable bonds is 6. The second-order valence-corrected chi connectivity index (χ2v) is 9.54. The van der Waals surface area contributed by atoms with Gasteiger partial charge in [0.1, 0.15) is 19.0 Å². The van der Waals surface area contributed by atoms with Crippen LogP contribution in [0.3, 0.4) is 0 Å². The van der Waals surface area contributed by atoms with E-state index in [4.69, 9.17) is 19.5 Å². The molecule has 0 aromatic heterocycles. The van der Waals surface area contributed by atoms with Crippen LogP contribution in [0.4, 0.5) is 5.69 Å². The number of fused-ring (bicyclic) bond motifs is 1. The van der Waals surface area contributed by atoms with Crippen LogP contribution in [0.15, 0.2) is 30.3 Å². The Morgan fingerprint density at radius 1 is 1.03 bits per heavy atom. The Labute approximate surface area is 204 Å². The number of nitrogens with zero attached hydrogens (tertiary/aromatic N) is 3. The van der Waals surface area contributed by atoms with Gasteiger partial charge in [0.05, 0.1) is 31.1 Å². The maximum absolute atomic E-state index is 9.07. The van der Waals surface area contributed by atoms with E-state index in [2.05, 4.69) is 67.1 Å². The largest absolute Gasteiger partial charge is 0.491 e. The van der Waals surface area contributed by atoms with Gasteiger partial charge in [-0.3, -0.25) is 4.90 Å². The molecule has 0 saturated carbocycles. The summed E-state index contributed by atoms with van der Waals surface area (Å²) in [5.74, 6) is 2.62. The van der Waals surface area contributed by atoms with Gasteiger partial charge in [-0.05, 0) is 75.9 Å². The number of hydrogen-bond acceptors (Lipinski definition) is 6. The molecule has 0 amide bonds. The lowest BCUT2D eigenvalue weighted by atomic mass is 10.2. The van der Waals surface area contributed by atoms with Crippen LogP contribution in [0.25, 0.3) is 0 Å². The van der Waals surface area contributed by atoms with Crippen LogP contribution >= 0.6 is 45.2 Å². The van der Waals surface area contributed by atoms with E-state index >= 15 is 0 Å². The first-order chi connectivity index (χ1) is 14.7. The molecule has 158 valence electrons. The molecule has 2 aromatic carbocycles. The van der Waals surface area contributed by atoms with Gasteiger partial charge < -0.3 is 19.1 Å². The molecule has 2 aliphatic rings. The third kappa shape index (κ3) is 5.06. The van der Waals surface area contributed by atoms with Crippen molar-refractivity contribution in [2.45, 2.75) is 6.42 Å². The zero-order chi connectivity index (χ0) is 20.9. The van der Waals surface area contributed by atoms with E-state index in [1.54, 1.807) is 0 Å². The molecular weight excluding hydrogens is 608 g/mol. The van der Waals surface area contributed by atoms with Crippen molar-refractivity contribution < 1.29 is 14.2 Å². The number of hydrogen-bond donors (Lipinski definition) is 0. The van der Waals surface area contributed by atoms with Gasteiger partial charge in [0.2, 0.25) is 0 Å². The lowest BCUT2D eigenvalue weighted by Gasteiger charge is -2.37. The number of nitriles is 1. The van der Waals surface area contributed by atoms with Crippen LogP contribution < -0.4 is 19.1 Å². The highest BCUT2D eigenvalue weighted by atomic mass is 127. The van der Waals surface area contributed by atoms with E-state index in [9.17, 15) is 0 Å². The summed E-state index contributed by atoms with van der Waals surface area (Å²) in [5.41, 5.74) is 1.81. The molecule has 30 heavy (non-hydrogen) atoms. The summed E-state index contributed by atoms with van der Waals surface area (Å²) in [7, 11) is 0. The monoisotopic (exact) mass is 631 g/mol. The summed E-state index contributed by atoms with van der Waals surface area (Å²) in [6.07, 6.45) is 0.976. The van der Waals surface area contributed by atoms with E-state index < -0.39 is 0 Å². The summed E-state index contributed by atoms with van der Waals surface area (Å²) in [5, 5.41) is 9.07. The van der Waals surface area contributed by atoms with Crippen molar-refractivity contribution in [3.63, 3.8) is 0 Å². The van der Waals surface area contributed by atoms with Crippen LogP contribution in [-0.4, -0.2) is 57.4 Å². The molecule has 0 atom stereocenters. The smallest absolute Gasteiger partial charge is 0.184 e. The van der Waals surface area contributed by atoms with Gasteiger partial charge in [-0.25, -0.2) is 0 Å². The quantitative estimate of drug-likeness (QED) is 0.354. The highest BCUT2D eigenvalue weighted by Gasteiger charge is 2.23. The number of halogens is 2. The van der Waals surface area contributed by atoms with Crippen LogP contribution in [0.1, 0.15) is 12.0 Å². The number of piperazine rings is 1. The van der Waals surface area contributed by atoms with E-state index in [0.29, 0.717) is 25.4 Å². The van der Waals surface area contributed by atoms with Crippen LogP contribution in [-0.2, 0) is 0 Å². The molecule has 0 spiro atoms. The summed E-state index contributed by atoms with van der Waals surface area (Å²) in [4.78, 5) is 4.88. The minimum absolute atomic E-state index is 0.612. The second kappa shape index (κ2) is 10.2. The van der Waals surface area contributed by atoms with Gasteiger partial charge in [0.25, 0.3) is 0 Å². The first kappa shape index (κ1) is 21.8. The van der Waals surface area contributed by atoms with Crippen LogP contribution in [0.2, 0.25) is 0 Å². The highest BCUT2D eigenvalue weighted by Crippen LogP contribution is 2.39. The lowest BCUT2D eigenvalue weighted by Crippen LogP contribution is -2.47. The molecule has 0 N–H and O–H groups in total. The molecule has 8 heteroatoms. The van der Waals surface area contributed by atoms with Crippen molar-refractivity contribution >= 4 is 50.9 Å². The first-order valence-corrected chi connectivity index (χ1v) is 12.2. The molecule has 2 heterocycles. The van der Waals surface area contributed by atoms with E-state index in [-0.39, 0.29) is 0 Å². The second-order valence-electron chi connectivity index (χ2n) is 7.21. The van der Waals surface area contributed by atoms with Gasteiger partial charge in [-0.2, -0.15) is 5.26 Å². The minimum Gasteiger partial charge on any atom is -0.491 e. The van der Waals surface area contributed by atoms with Crippen LogP contribution in [0, 0.1) is 18.5 Å². The number of benzene rings is 2. The van der Waals surface area contributed by atoms with Gasteiger partial charge >= 0.3 is 0 Å². The van der Waals surface area contributed by atoms with Gasteiger partial charge in [-0.1, -0.05) is 6.07 Å². The van der Waals surface area contributed by atoms with Crippen molar-refractivity contribution in [2.75, 3.05) is 57.4 Å². The molecule has 2 aromatic rings. The average molecular weight is 631 g/mol. The third-order valence-electron chi connectivity index (χ3n) is 5.25. The maximum atomic E-state index is 9.07. The predicted octanol–water partition coefficient (Wildman–Crippen LogP) is 4.13. The summed E-state index contributed by atoms with van der Waals surface area (Å²) < 4.78 is 19.6. The van der Waals surface area contributed by atoms with Crippen molar-refractivity contribution in [2.24, 2.45) is 0 Å². The van der Waals surface area contributed by atoms with E-state index in [0.717, 1.165) is 69.2 Å². The Hall–Kier alpha value is -1.45. The van der Waals surface area contributed by atoms with Crippen molar-refractivity contribution in [3.8, 4) is 23.3 Å². The molecule has 1 fully saturated rings. The van der Waals surface area contributed by atoms with Crippen LogP contribution in [0.5, 0.6) is 17.2 Å². The highest BCUT2D eigenvalue weighted by molar-refractivity contribution is 14.1. The van der Waals surface area contributed by atoms with Gasteiger partial charge in [-0.15, -0.1) is 0 Å². The number of para-hydroxylation sites is 1. The maximum Gasteiger partial charge on any atom is 0.184 e. The average Bonchev–Trinajstić information content (AvgIpc) is 2.78. The SMILES string of the molecule is N#Cc1cc(I)c(OCCCN2CCN(c3cccc4c3OCCO4)CC2)c(I)c1. The molecule has 6 nitrogen and oxygen atoms in total. The number of ether oxygens (including phenoxy) is 3. The lowest BCUT2D eigenvalue weighted by molar-refractivity contribution is 0.171. The first-order valence-electron chi connectivity index (χ1n) is 10.0. The van der Waals surface area contributed by atoms with Gasteiger partial charge in [0.15, 0.2) is 11.5 Å². The molecule has 0 bridgehead atoms. The summed E-state index contributed by atoms with van der Waals surface area (Å²) in [6, 6.07) is 12.1. The summed E-state index contributed by atoms with van der Waals surface area (Å²) >= 11 is 4.47. The Kier molecular flexibility index (Phi) is 7.43. The Morgan fingerprint density at radius 3 is 2.50 bits per heavy atom. The Balaban J connectivity index is 1.24. The zero-order valence-electron chi connectivity index (χ0n) is 16.6. The fraction of sp³-hybridized carbons (Fsp3) is 0.409. The third-order valence-corrected chi connectivity index (χ3v) is 6.85. The normalized spacial score (nSPS) is 16.2. The van der Waals surface area contributed by atoms with E-state index in [1.807, 2.05) is 24.3 Å². The van der Waals surface area contributed by atoms with E-state index in [1.165, 1.54) is 0 Å². The molecule has 2 aliphatic heterocycles. The molecule has 0 unspecified atom stereocenters. The van der Waals surface area contributed by atoms with Crippen molar-refractivity contribution in [3.05, 3.63) is 43.0 Å². The standard InChI is InChI=1S/C22H23I2N3O3/c23-17-13-16(15-25)14-18(24)21(17)29-10-2-5-26-6-8-27(9-7-26)19-3-1-4-20-22(19)30-12-11-28-20/h1,3-4,13-14H,2,5-12H2. The van der Waals surface area contributed by atoms with Crippen molar-refractivity contribution in [1.82, 2.24) is 4.90 Å². The molecule has 4 rings (SSSR count). The minimum atomic E-state index is 0.612. The molecular formula is C22H23I2N3O3. The summed E-state index contributed by atoms with van der Waals surface area (Å²) in [6.45, 7) is 6.93.